The zero-order valence-electron chi connectivity index (χ0n) is 45.3. The molecule has 0 spiro atoms. The van der Waals surface area contributed by atoms with Crippen molar-refractivity contribution in [1.82, 2.24) is 4.90 Å². The van der Waals surface area contributed by atoms with Gasteiger partial charge >= 0.3 is 5.97 Å². The quantitative estimate of drug-likeness (QED) is 0.0375. The fraction of sp³-hybridized carbons (Fsp3) is 0.772. The number of aliphatic hydroxyl groups is 3. The van der Waals surface area contributed by atoms with Gasteiger partial charge in [0.1, 0.15) is 30.1 Å². The van der Waals surface area contributed by atoms with Crippen LogP contribution in [0, 0.1) is 35.5 Å². The maximum Gasteiger partial charge on any atom is 0.329 e. The minimum atomic E-state index is -2.46. The summed E-state index contributed by atoms with van der Waals surface area (Å²) in [6, 6.07) is -1.15. The Morgan fingerprint density at radius 1 is 0.849 bits per heavy atom. The van der Waals surface area contributed by atoms with E-state index >= 15 is 0 Å². The molecule has 16 heteroatoms. The topological polar surface area (TPSA) is 205 Å². The number of cyclic esters (lactones) is 1. The molecule has 414 valence electrons. The maximum atomic E-state index is 14.6. The van der Waals surface area contributed by atoms with Gasteiger partial charge < -0.3 is 48.6 Å². The third-order valence-electron chi connectivity index (χ3n) is 15.7. The van der Waals surface area contributed by atoms with Crippen LogP contribution in [0.5, 0.6) is 0 Å². The highest BCUT2D eigenvalue weighted by Crippen LogP contribution is 2.38. The van der Waals surface area contributed by atoms with E-state index in [0.29, 0.717) is 70.2 Å². The molecule has 73 heavy (non-hydrogen) atoms. The van der Waals surface area contributed by atoms with E-state index in [9.17, 15) is 39.3 Å². The van der Waals surface area contributed by atoms with Gasteiger partial charge in [-0.1, -0.05) is 93.7 Å². The van der Waals surface area contributed by atoms with Crippen molar-refractivity contribution in [3.8, 4) is 0 Å². The summed E-state index contributed by atoms with van der Waals surface area (Å²) >= 11 is 2.34. The number of allylic oxidation sites excluding steroid dienone is 6. The van der Waals surface area contributed by atoms with Crippen molar-refractivity contribution in [2.75, 3.05) is 45.0 Å². The number of ketones is 3. The first-order valence-corrected chi connectivity index (χ1v) is 28.7. The molecule has 1 amide bonds. The number of halogens is 1. The highest BCUT2D eigenvalue weighted by atomic mass is 127. The summed E-state index contributed by atoms with van der Waals surface area (Å²) in [6.45, 7) is 13.9. The molecular weight excluding hydrogens is 1050 g/mol. The van der Waals surface area contributed by atoms with E-state index in [4.69, 9.17) is 28.4 Å². The standard InChI is InChI=1S/C57H90INO14/c1-36-18-11-10-12-19-37(2)48(71-28-16-15-27-60)34-44-23-21-42(7)57(67,73-44)54(64)55(65)59-26-14-13-20-45(59)56(66)72-49(39(4)32-43-22-24-47(50(33-43)68-8)70-29-17-25-58)35-46(61)38(3)31-41(6)52(63)53(69-9)51(62)40(5)30-36/h10-12,18-19,31,36,38-40,42-45,47-50,52-53,60,63,67H,13-17,20-30,32-35H2,1-9H3/t36-,38-,39-,40-,42-,43+,44+,45+,47-,48+,49+,50-,52-,53+,57-/m1/s1. The number of nitrogens with zero attached hydrogens (tertiary/aromatic N) is 1. The Morgan fingerprint density at radius 3 is 2.29 bits per heavy atom. The van der Waals surface area contributed by atoms with Gasteiger partial charge in [0.25, 0.3) is 11.7 Å². The van der Waals surface area contributed by atoms with Gasteiger partial charge in [-0.2, -0.15) is 0 Å². The molecular formula is C57H90INO14. The van der Waals surface area contributed by atoms with Crippen molar-refractivity contribution in [2.24, 2.45) is 35.5 Å². The van der Waals surface area contributed by atoms with Crippen molar-refractivity contribution in [1.29, 1.82) is 0 Å². The molecule has 2 saturated heterocycles. The molecule has 0 radical (unpaired) electrons. The van der Waals surface area contributed by atoms with Gasteiger partial charge in [-0.15, -0.1) is 0 Å². The maximum absolute atomic E-state index is 14.6. The number of alkyl halides is 1. The van der Waals surface area contributed by atoms with Crippen LogP contribution in [-0.4, -0.2) is 149 Å². The van der Waals surface area contributed by atoms with Crippen LogP contribution >= 0.6 is 22.6 Å². The summed E-state index contributed by atoms with van der Waals surface area (Å²) in [5, 5.41) is 33.1. The summed E-state index contributed by atoms with van der Waals surface area (Å²) < 4.78 is 37.7. The number of rotatable bonds is 14. The molecule has 3 heterocycles. The van der Waals surface area contributed by atoms with Crippen LogP contribution < -0.4 is 0 Å². The molecule has 3 N–H and O–H groups in total. The monoisotopic (exact) mass is 1140 g/mol. The minimum absolute atomic E-state index is 0.00128. The average molecular weight is 1140 g/mol. The Bertz CT molecular complexity index is 1900. The fourth-order valence-electron chi connectivity index (χ4n) is 10.9. The normalized spacial score (nSPS) is 35.0. The lowest BCUT2D eigenvalue weighted by molar-refractivity contribution is -0.266. The Kier molecular flexibility index (Phi) is 27.1. The minimum Gasteiger partial charge on any atom is -0.460 e. The third kappa shape index (κ3) is 18.5. The second-order valence-electron chi connectivity index (χ2n) is 21.5. The van der Waals surface area contributed by atoms with E-state index < -0.39 is 77.8 Å². The van der Waals surface area contributed by atoms with Crippen LogP contribution in [0.2, 0.25) is 0 Å². The van der Waals surface area contributed by atoms with Crippen LogP contribution in [-0.2, 0) is 52.4 Å². The van der Waals surface area contributed by atoms with Crippen LogP contribution in [0.15, 0.2) is 47.6 Å². The second kappa shape index (κ2) is 31.5. The molecule has 2 bridgehead atoms. The number of fused-ring (bicyclic) bond motifs is 3. The van der Waals surface area contributed by atoms with Crippen LogP contribution in [0.3, 0.4) is 0 Å². The van der Waals surface area contributed by atoms with Gasteiger partial charge in [0, 0.05) is 75.6 Å². The number of aliphatic hydroxyl groups excluding tert-OH is 2. The van der Waals surface area contributed by atoms with Crippen LogP contribution in [0.4, 0.5) is 0 Å². The van der Waals surface area contributed by atoms with Crippen LogP contribution in [0.25, 0.3) is 0 Å². The summed E-state index contributed by atoms with van der Waals surface area (Å²) in [5.41, 5.74) is 1.26. The number of amides is 1. The van der Waals surface area contributed by atoms with Crippen LogP contribution in [0.1, 0.15) is 145 Å². The van der Waals surface area contributed by atoms with E-state index in [2.05, 4.69) is 22.6 Å². The number of carbonyl (C=O) groups excluding carboxylic acids is 5. The molecule has 4 aliphatic rings. The van der Waals surface area contributed by atoms with Crippen molar-refractivity contribution in [2.45, 2.75) is 199 Å². The number of esters is 1. The van der Waals surface area contributed by atoms with E-state index in [1.807, 2.05) is 58.1 Å². The number of methoxy groups -OCH3 is 2. The lowest BCUT2D eigenvalue weighted by Gasteiger charge is -2.43. The summed E-state index contributed by atoms with van der Waals surface area (Å²) in [6.07, 6.45) is 14.6. The van der Waals surface area contributed by atoms with Crippen molar-refractivity contribution < 1.29 is 67.7 Å². The second-order valence-corrected chi connectivity index (χ2v) is 22.6. The molecule has 1 aliphatic carbocycles. The molecule has 0 aromatic heterocycles. The van der Waals surface area contributed by atoms with Gasteiger partial charge in [0.15, 0.2) is 5.78 Å². The molecule has 1 saturated carbocycles. The first-order valence-electron chi connectivity index (χ1n) is 27.2. The van der Waals surface area contributed by atoms with E-state index in [-0.39, 0.29) is 73.9 Å². The number of piperidine rings is 1. The van der Waals surface area contributed by atoms with Crippen molar-refractivity contribution in [3.05, 3.63) is 47.6 Å². The number of carbonyl (C=O) groups is 5. The van der Waals surface area contributed by atoms with E-state index in [1.165, 1.54) is 12.0 Å². The molecule has 0 aromatic carbocycles. The molecule has 15 atom stereocenters. The average Bonchev–Trinajstić information content (AvgIpc) is 3.37. The highest BCUT2D eigenvalue weighted by molar-refractivity contribution is 14.1. The zero-order valence-corrected chi connectivity index (χ0v) is 47.5. The molecule has 0 unspecified atom stereocenters. The first kappa shape index (κ1) is 62.9. The highest BCUT2D eigenvalue weighted by Gasteiger charge is 2.53. The molecule has 15 nitrogen and oxygen atoms in total. The number of hydrogen-bond donors (Lipinski definition) is 3. The van der Waals surface area contributed by atoms with Gasteiger partial charge in [-0.05, 0) is 126 Å². The number of Topliss-reactive ketones (excluding diaryl/α,β-unsaturated/α-hetero) is 3. The Balaban J connectivity index is 1.71. The Morgan fingerprint density at radius 2 is 1.59 bits per heavy atom. The number of ether oxygens (including phenoxy) is 6. The number of hydrogen-bond acceptors (Lipinski definition) is 14. The van der Waals surface area contributed by atoms with Gasteiger partial charge in [0.05, 0.1) is 24.4 Å². The van der Waals surface area contributed by atoms with Crippen molar-refractivity contribution in [3.63, 3.8) is 0 Å². The van der Waals surface area contributed by atoms with Gasteiger partial charge in [0.2, 0.25) is 5.79 Å². The first-order chi connectivity index (χ1) is 34.8. The third-order valence-corrected chi connectivity index (χ3v) is 16.4. The Labute approximate surface area is 449 Å². The lowest BCUT2D eigenvalue weighted by atomic mass is 9.78. The molecule has 3 fully saturated rings. The molecule has 0 aromatic rings. The number of unbranched alkanes of at least 4 members (excludes halogenated alkanes) is 1. The largest absolute Gasteiger partial charge is 0.460 e. The lowest BCUT2D eigenvalue weighted by Crippen LogP contribution is -2.61. The predicted octanol–water partition coefficient (Wildman–Crippen LogP) is 8.17. The Hall–Kier alpha value is -2.68. The van der Waals surface area contributed by atoms with E-state index in [1.54, 1.807) is 34.0 Å². The smallest absolute Gasteiger partial charge is 0.329 e. The summed E-state index contributed by atoms with van der Waals surface area (Å²) in [5.74, 6) is -7.92. The SMILES string of the molecule is CO[C@@H]1C[C@H](C[C@@H](C)[C@@H]2CC(=O)[C@H](C)C=C(C)[C@@H](O)[C@@H](OC)C(=O)[C@H](C)C[C@H](C)C=CC=CC=C(C)[C@@H](OCCCCO)C[C@@H]3CC[C@@H](C)[C@@](O)(O3)C(=O)C(=O)N3CCCC[C@H]3C(=O)O2)CC[C@H]1OCCCI. The summed E-state index contributed by atoms with van der Waals surface area (Å²) in [7, 11) is 3.08. The van der Waals surface area contributed by atoms with E-state index in [0.717, 1.165) is 35.7 Å². The molecule has 4 rings (SSSR count). The zero-order chi connectivity index (χ0) is 53.8. The predicted molar refractivity (Wildman–Crippen MR) is 288 cm³/mol. The summed E-state index contributed by atoms with van der Waals surface area (Å²) in [4.78, 5) is 72.8. The van der Waals surface area contributed by atoms with Crippen molar-refractivity contribution >= 4 is 51.8 Å². The van der Waals surface area contributed by atoms with Gasteiger partial charge in [-0.25, -0.2) is 4.79 Å². The fourth-order valence-corrected chi connectivity index (χ4v) is 11.2. The molecule has 3 aliphatic heterocycles. The van der Waals surface area contributed by atoms with Gasteiger partial charge in [-0.3, -0.25) is 19.2 Å².